The summed E-state index contributed by atoms with van der Waals surface area (Å²) in [5.41, 5.74) is 0.948. The van der Waals surface area contributed by atoms with Gasteiger partial charge in [-0.1, -0.05) is 33.8 Å². The molecule has 0 atom stereocenters. The van der Waals surface area contributed by atoms with Crippen LogP contribution in [-0.4, -0.2) is 53.4 Å². The molecule has 1 heterocycles. The largest absolute Gasteiger partial charge is 0.338 e. The topological polar surface area (TPSA) is 36.4 Å². The Balaban J connectivity index is 2.65. The highest BCUT2D eigenvalue weighted by Gasteiger charge is 2.13. The fourth-order valence-electron chi connectivity index (χ4n) is 2.28. The lowest BCUT2D eigenvalue weighted by molar-refractivity contribution is -0.126. The monoisotopic (exact) mass is 303 g/mol. The van der Waals surface area contributed by atoms with Crippen LogP contribution in [-0.2, 0) is 4.79 Å². The molecule has 4 heteroatoms. The molecule has 0 aliphatic carbocycles. The van der Waals surface area contributed by atoms with Crippen molar-refractivity contribution >= 4 is 12.0 Å². The predicted octanol–water partition coefficient (Wildman–Crippen LogP) is 2.92. The van der Waals surface area contributed by atoms with E-state index in [0.717, 1.165) is 38.3 Å². The van der Waals surface area contributed by atoms with Crippen molar-refractivity contribution in [2.45, 2.75) is 27.7 Å². The van der Waals surface area contributed by atoms with Crippen LogP contribution >= 0.6 is 0 Å². The van der Waals surface area contributed by atoms with Crippen molar-refractivity contribution in [3.05, 3.63) is 36.2 Å². The van der Waals surface area contributed by atoms with Crippen molar-refractivity contribution in [3.63, 3.8) is 0 Å². The van der Waals surface area contributed by atoms with E-state index in [-0.39, 0.29) is 5.91 Å². The number of aromatic nitrogens is 1. The second-order valence-corrected chi connectivity index (χ2v) is 5.82. The van der Waals surface area contributed by atoms with Gasteiger partial charge in [-0.3, -0.25) is 9.78 Å². The molecule has 0 spiro atoms. The highest BCUT2D eigenvalue weighted by Crippen LogP contribution is 2.04. The maximum absolute atomic E-state index is 12.4. The first-order valence-corrected chi connectivity index (χ1v) is 8.16. The van der Waals surface area contributed by atoms with Gasteiger partial charge in [-0.15, -0.1) is 0 Å². The fraction of sp³-hybridized carbons (Fsp3) is 0.556. The minimum Gasteiger partial charge on any atom is -0.338 e. The molecule has 1 aromatic rings. The third-order valence-corrected chi connectivity index (χ3v) is 3.58. The lowest BCUT2D eigenvalue weighted by Gasteiger charge is -2.27. The van der Waals surface area contributed by atoms with E-state index in [1.165, 1.54) is 0 Å². The van der Waals surface area contributed by atoms with Gasteiger partial charge in [-0.25, -0.2) is 0 Å². The van der Waals surface area contributed by atoms with Crippen LogP contribution in [0.1, 0.15) is 33.3 Å². The number of carbonyl (C=O) groups excluding carboxylic acids is 1. The molecule has 0 N–H and O–H groups in total. The second kappa shape index (κ2) is 10.1. The van der Waals surface area contributed by atoms with Crippen molar-refractivity contribution in [2.75, 3.05) is 32.7 Å². The maximum Gasteiger partial charge on any atom is 0.246 e. The van der Waals surface area contributed by atoms with Gasteiger partial charge in [0.2, 0.25) is 5.91 Å². The summed E-state index contributed by atoms with van der Waals surface area (Å²) in [6, 6.07) is 3.82. The Labute approximate surface area is 134 Å². The predicted molar refractivity (Wildman–Crippen MR) is 92.5 cm³/mol. The van der Waals surface area contributed by atoms with E-state index in [1.54, 1.807) is 18.5 Å². The van der Waals surface area contributed by atoms with Crippen molar-refractivity contribution in [1.29, 1.82) is 0 Å². The Bertz CT molecular complexity index is 453. The van der Waals surface area contributed by atoms with E-state index >= 15 is 0 Å². The van der Waals surface area contributed by atoms with Gasteiger partial charge < -0.3 is 9.80 Å². The van der Waals surface area contributed by atoms with Gasteiger partial charge >= 0.3 is 0 Å². The van der Waals surface area contributed by atoms with Crippen LogP contribution in [0.25, 0.3) is 6.08 Å². The zero-order valence-electron chi connectivity index (χ0n) is 14.3. The molecule has 0 aliphatic heterocycles. The van der Waals surface area contributed by atoms with E-state index in [2.05, 4.69) is 37.6 Å². The number of likely N-dealkylation sites (N-methyl/N-ethyl adjacent to an activating group) is 1. The molecule has 22 heavy (non-hydrogen) atoms. The van der Waals surface area contributed by atoms with Gasteiger partial charge in [-0.2, -0.15) is 0 Å². The number of hydrogen-bond donors (Lipinski definition) is 0. The SMILES string of the molecule is CCN(CC)CCN(CC(C)C)C(=O)/C=C/c1cccnc1. The number of hydrogen-bond acceptors (Lipinski definition) is 3. The van der Waals surface area contributed by atoms with Gasteiger partial charge in [0.05, 0.1) is 0 Å². The van der Waals surface area contributed by atoms with Crippen LogP contribution < -0.4 is 0 Å². The van der Waals surface area contributed by atoms with E-state index in [9.17, 15) is 4.79 Å². The molecule has 1 rings (SSSR count). The Hall–Kier alpha value is -1.68. The summed E-state index contributed by atoms with van der Waals surface area (Å²) in [7, 11) is 0. The molecule has 0 radical (unpaired) electrons. The van der Waals surface area contributed by atoms with E-state index in [4.69, 9.17) is 0 Å². The number of rotatable bonds is 9. The second-order valence-electron chi connectivity index (χ2n) is 5.82. The molecule has 1 aromatic heterocycles. The summed E-state index contributed by atoms with van der Waals surface area (Å²) >= 11 is 0. The van der Waals surface area contributed by atoms with Gasteiger partial charge in [0.25, 0.3) is 0 Å². The average Bonchev–Trinajstić information content (AvgIpc) is 2.53. The third kappa shape index (κ3) is 6.85. The van der Waals surface area contributed by atoms with Crippen molar-refractivity contribution in [2.24, 2.45) is 5.92 Å². The minimum atomic E-state index is 0.0738. The van der Waals surface area contributed by atoms with E-state index in [0.29, 0.717) is 5.92 Å². The Kier molecular flexibility index (Phi) is 8.44. The van der Waals surface area contributed by atoms with Crippen LogP contribution in [0.3, 0.4) is 0 Å². The van der Waals surface area contributed by atoms with Gasteiger partial charge in [0.1, 0.15) is 0 Å². The first-order valence-electron chi connectivity index (χ1n) is 8.16. The molecule has 0 aliphatic rings. The number of carbonyl (C=O) groups is 1. The summed E-state index contributed by atoms with van der Waals surface area (Å²) < 4.78 is 0. The first kappa shape index (κ1) is 18.4. The molecule has 4 nitrogen and oxygen atoms in total. The van der Waals surface area contributed by atoms with Crippen LogP contribution in [0.15, 0.2) is 30.6 Å². The standard InChI is InChI=1S/C18H29N3O/c1-5-20(6-2)12-13-21(15-16(3)4)18(22)10-9-17-8-7-11-19-14-17/h7-11,14,16H,5-6,12-13,15H2,1-4H3/b10-9+. The highest BCUT2D eigenvalue weighted by atomic mass is 16.2. The molecule has 122 valence electrons. The van der Waals surface area contributed by atoms with E-state index < -0.39 is 0 Å². The first-order chi connectivity index (χ1) is 10.6. The summed E-state index contributed by atoms with van der Waals surface area (Å²) in [5, 5.41) is 0. The molecule has 0 bridgehead atoms. The number of pyridine rings is 1. The average molecular weight is 303 g/mol. The molecular formula is C18H29N3O. The van der Waals surface area contributed by atoms with Crippen LogP contribution in [0.5, 0.6) is 0 Å². The van der Waals surface area contributed by atoms with Gasteiger partial charge in [0.15, 0.2) is 0 Å². The molecule has 0 unspecified atom stereocenters. The zero-order valence-corrected chi connectivity index (χ0v) is 14.3. The summed E-state index contributed by atoms with van der Waals surface area (Å²) in [6.07, 6.45) is 6.97. The Morgan fingerprint density at radius 2 is 2.00 bits per heavy atom. The van der Waals surface area contributed by atoms with Crippen molar-refractivity contribution < 1.29 is 4.79 Å². The third-order valence-electron chi connectivity index (χ3n) is 3.58. The lowest BCUT2D eigenvalue weighted by atomic mass is 10.2. The van der Waals surface area contributed by atoms with Gasteiger partial charge in [-0.05, 0) is 36.7 Å². The van der Waals surface area contributed by atoms with Crippen LogP contribution in [0, 0.1) is 5.92 Å². The smallest absolute Gasteiger partial charge is 0.246 e. The van der Waals surface area contributed by atoms with Crippen LogP contribution in [0.4, 0.5) is 0 Å². The molecular weight excluding hydrogens is 274 g/mol. The van der Waals surface area contributed by atoms with E-state index in [1.807, 2.05) is 23.1 Å². The summed E-state index contributed by atoms with van der Waals surface area (Å²) in [6.45, 7) is 13.1. The Morgan fingerprint density at radius 1 is 1.27 bits per heavy atom. The lowest BCUT2D eigenvalue weighted by Crippen LogP contribution is -2.39. The van der Waals surface area contributed by atoms with Crippen LogP contribution in [0.2, 0.25) is 0 Å². The Morgan fingerprint density at radius 3 is 2.55 bits per heavy atom. The zero-order chi connectivity index (χ0) is 16.4. The van der Waals surface area contributed by atoms with Gasteiger partial charge in [0, 0.05) is 38.1 Å². The normalized spacial score (nSPS) is 11.5. The van der Waals surface area contributed by atoms with Crippen molar-refractivity contribution in [1.82, 2.24) is 14.8 Å². The highest BCUT2D eigenvalue weighted by molar-refractivity contribution is 5.91. The fourth-order valence-corrected chi connectivity index (χ4v) is 2.28. The molecule has 1 amide bonds. The quantitative estimate of drug-likeness (QED) is 0.658. The molecule has 0 aromatic carbocycles. The molecule has 0 saturated heterocycles. The molecule has 0 saturated carbocycles. The summed E-state index contributed by atoms with van der Waals surface area (Å²) in [5.74, 6) is 0.539. The minimum absolute atomic E-state index is 0.0738. The maximum atomic E-state index is 12.4. The molecule has 0 fully saturated rings. The number of amides is 1. The number of nitrogens with zero attached hydrogens (tertiary/aromatic N) is 3. The van der Waals surface area contributed by atoms with Crippen molar-refractivity contribution in [3.8, 4) is 0 Å². The summed E-state index contributed by atoms with van der Waals surface area (Å²) in [4.78, 5) is 20.8.